The van der Waals surface area contributed by atoms with Crippen LogP contribution in [0.3, 0.4) is 0 Å². The van der Waals surface area contributed by atoms with E-state index in [9.17, 15) is 9.59 Å². The molecule has 0 saturated carbocycles. The molecule has 0 atom stereocenters. The Balaban J connectivity index is 0.00000289. The highest BCUT2D eigenvalue weighted by atomic mass is 35.5. The predicted molar refractivity (Wildman–Crippen MR) is 72.6 cm³/mol. The van der Waals surface area contributed by atoms with Gasteiger partial charge in [-0.25, -0.2) is 0 Å². The lowest BCUT2D eigenvalue weighted by Gasteiger charge is -2.05. The van der Waals surface area contributed by atoms with E-state index in [1.165, 1.54) is 0 Å². The highest BCUT2D eigenvalue weighted by Gasteiger charge is 2.03. The first-order valence-electron chi connectivity index (χ1n) is 5.51. The van der Waals surface area contributed by atoms with Gasteiger partial charge >= 0.3 is 0 Å². The van der Waals surface area contributed by atoms with Gasteiger partial charge in [0.25, 0.3) is 5.91 Å². The monoisotopic (exact) mass is 271 g/mol. The second kappa shape index (κ2) is 8.49. The highest BCUT2D eigenvalue weighted by molar-refractivity contribution is 5.94. The molecule has 0 aliphatic heterocycles. The lowest BCUT2D eigenvalue weighted by molar-refractivity contribution is -0.119. The van der Waals surface area contributed by atoms with Crippen molar-refractivity contribution in [3.8, 4) is 0 Å². The summed E-state index contributed by atoms with van der Waals surface area (Å²) in [5, 5.41) is 5.37. The summed E-state index contributed by atoms with van der Waals surface area (Å²) in [7, 11) is 0. The van der Waals surface area contributed by atoms with Gasteiger partial charge in [-0.05, 0) is 24.6 Å². The van der Waals surface area contributed by atoms with Crippen LogP contribution in [-0.4, -0.2) is 24.9 Å². The number of nitrogens with two attached hydrogens (primary N) is 1. The fraction of sp³-hybridized carbons (Fsp3) is 0.333. The molecule has 100 valence electrons. The molecule has 5 nitrogen and oxygen atoms in total. The van der Waals surface area contributed by atoms with Crippen molar-refractivity contribution in [3.05, 3.63) is 35.4 Å². The maximum atomic E-state index is 11.5. The van der Waals surface area contributed by atoms with E-state index < -0.39 is 0 Å². The van der Waals surface area contributed by atoms with E-state index >= 15 is 0 Å². The first kappa shape index (κ1) is 16.4. The molecule has 0 saturated heterocycles. The largest absolute Gasteiger partial charge is 0.352 e. The van der Waals surface area contributed by atoms with Crippen molar-refractivity contribution in [3.63, 3.8) is 0 Å². The molecule has 0 fully saturated rings. The number of carbonyl (C=O) groups excluding carboxylic acids is 2. The molecule has 2 amide bonds. The molecule has 0 aromatic heterocycles. The molecule has 1 aromatic rings. The van der Waals surface area contributed by atoms with Crippen molar-refractivity contribution in [1.82, 2.24) is 10.6 Å². The Bertz CT molecular complexity index is 393. The minimum Gasteiger partial charge on any atom is -0.352 e. The van der Waals surface area contributed by atoms with Gasteiger partial charge in [0.2, 0.25) is 5.91 Å². The van der Waals surface area contributed by atoms with Gasteiger partial charge in [-0.3, -0.25) is 9.59 Å². The van der Waals surface area contributed by atoms with Crippen LogP contribution >= 0.6 is 12.4 Å². The summed E-state index contributed by atoms with van der Waals surface area (Å²) in [6, 6.07) is 7.08. The third kappa shape index (κ3) is 5.16. The molecule has 0 aliphatic rings. The SMILES string of the molecule is CCNC(=O)c1ccc(CNC(=O)CN)cc1.Cl. The number of halogens is 1. The molecule has 1 aromatic carbocycles. The van der Waals surface area contributed by atoms with E-state index in [0.29, 0.717) is 18.7 Å². The molecule has 0 bridgehead atoms. The molecule has 0 unspecified atom stereocenters. The Morgan fingerprint density at radius 2 is 1.78 bits per heavy atom. The molecular weight excluding hydrogens is 254 g/mol. The second-order valence-electron chi connectivity index (χ2n) is 3.54. The molecule has 4 N–H and O–H groups in total. The van der Waals surface area contributed by atoms with Crippen molar-refractivity contribution in [1.29, 1.82) is 0 Å². The van der Waals surface area contributed by atoms with Crippen molar-refractivity contribution in [2.75, 3.05) is 13.1 Å². The van der Waals surface area contributed by atoms with Crippen molar-refractivity contribution >= 4 is 24.2 Å². The quantitative estimate of drug-likeness (QED) is 0.726. The minimum atomic E-state index is -0.196. The average molecular weight is 272 g/mol. The maximum Gasteiger partial charge on any atom is 0.251 e. The van der Waals surface area contributed by atoms with Crippen molar-refractivity contribution in [2.45, 2.75) is 13.5 Å². The molecule has 0 heterocycles. The van der Waals surface area contributed by atoms with Crippen LogP contribution in [0.5, 0.6) is 0 Å². The van der Waals surface area contributed by atoms with Gasteiger partial charge < -0.3 is 16.4 Å². The van der Waals surface area contributed by atoms with Gasteiger partial charge in [-0.1, -0.05) is 12.1 Å². The summed E-state index contributed by atoms with van der Waals surface area (Å²) >= 11 is 0. The van der Waals surface area contributed by atoms with Gasteiger partial charge in [-0.2, -0.15) is 0 Å². The summed E-state index contributed by atoms with van der Waals surface area (Å²) in [6.07, 6.45) is 0. The molecular formula is C12H18ClN3O2. The molecule has 0 radical (unpaired) electrons. The first-order valence-corrected chi connectivity index (χ1v) is 5.51. The Labute approximate surface area is 113 Å². The van der Waals surface area contributed by atoms with Crippen LogP contribution in [0.4, 0.5) is 0 Å². The number of benzene rings is 1. The van der Waals surface area contributed by atoms with Crippen LogP contribution in [0.25, 0.3) is 0 Å². The van der Waals surface area contributed by atoms with Crippen LogP contribution in [0.2, 0.25) is 0 Å². The number of nitrogens with one attached hydrogen (secondary N) is 2. The van der Waals surface area contributed by atoms with Gasteiger partial charge in [0.05, 0.1) is 6.54 Å². The second-order valence-corrected chi connectivity index (χ2v) is 3.54. The van der Waals surface area contributed by atoms with Gasteiger partial charge in [-0.15, -0.1) is 12.4 Å². The van der Waals surface area contributed by atoms with Crippen LogP contribution in [-0.2, 0) is 11.3 Å². The number of amides is 2. The molecule has 18 heavy (non-hydrogen) atoms. The van der Waals surface area contributed by atoms with Gasteiger partial charge in [0, 0.05) is 18.7 Å². The lowest BCUT2D eigenvalue weighted by atomic mass is 10.1. The van der Waals surface area contributed by atoms with Crippen LogP contribution in [0, 0.1) is 0 Å². The fourth-order valence-electron chi connectivity index (χ4n) is 1.31. The highest BCUT2D eigenvalue weighted by Crippen LogP contribution is 2.04. The van der Waals surface area contributed by atoms with Gasteiger partial charge in [0.15, 0.2) is 0 Å². The number of hydrogen-bond acceptors (Lipinski definition) is 3. The zero-order chi connectivity index (χ0) is 12.7. The fourth-order valence-corrected chi connectivity index (χ4v) is 1.31. The predicted octanol–water partition coefficient (Wildman–Crippen LogP) is 0.433. The third-order valence-corrected chi connectivity index (χ3v) is 2.23. The Morgan fingerprint density at radius 1 is 1.17 bits per heavy atom. The Morgan fingerprint density at radius 3 is 2.28 bits per heavy atom. The first-order chi connectivity index (χ1) is 8.17. The van der Waals surface area contributed by atoms with E-state index in [0.717, 1.165) is 5.56 Å². The zero-order valence-electron chi connectivity index (χ0n) is 10.2. The zero-order valence-corrected chi connectivity index (χ0v) is 11.0. The van der Waals surface area contributed by atoms with Crippen LogP contribution < -0.4 is 16.4 Å². The summed E-state index contributed by atoms with van der Waals surface area (Å²) in [5.41, 5.74) is 6.71. The van der Waals surface area contributed by atoms with Crippen LogP contribution in [0.15, 0.2) is 24.3 Å². The molecule has 1 rings (SSSR count). The van der Waals surface area contributed by atoms with Crippen molar-refractivity contribution < 1.29 is 9.59 Å². The van der Waals surface area contributed by atoms with E-state index in [1.807, 2.05) is 6.92 Å². The minimum absolute atomic E-state index is 0. The summed E-state index contributed by atoms with van der Waals surface area (Å²) in [4.78, 5) is 22.4. The van der Waals surface area contributed by atoms with E-state index in [2.05, 4.69) is 10.6 Å². The summed E-state index contributed by atoms with van der Waals surface area (Å²) in [6.45, 7) is 2.88. The molecule has 6 heteroatoms. The number of hydrogen-bond donors (Lipinski definition) is 3. The lowest BCUT2D eigenvalue weighted by Crippen LogP contribution is -2.29. The third-order valence-electron chi connectivity index (χ3n) is 2.23. The van der Waals surface area contributed by atoms with E-state index in [-0.39, 0.29) is 30.8 Å². The smallest absolute Gasteiger partial charge is 0.251 e. The van der Waals surface area contributed by atoms with Crippen molar-refractivity contribution in [2.24, 2.45) is 5.73 Å². The average Bonchev–Trinajstić information content (AvgIpc) is 2.36. The maximum absolute atomic E-state index is 11.5. The Kier molecular flexibility index (Phi) is 7.74. The van der Waals surface area contributed by atoms with Crippen LogP contribution in [0.1, 0.15) is 22.8 Å². The normalized spacial score (nSPS) is 9.22. The molecule has 0 spiro atoms. The van der Waals surface area contributed by atoms with E-state index in [1.54, 1.807) is 24.3 Å². The van der Waals surface area contributed by atoms with E-state index in [4.69, 9.17) is 5.73 Å². The topological polar surface area (TPSA) is 84.2 Å². The number of carbonyl (C=O) groups is 2. The standard InChI is InChI=1S/C12H17N3O2.ClH/c1-2-14-12(17)10-5-3-9(4-6-10)8-15-11(16)7-13;/h3-6H,2,7-8,13H2,1H3,(H,14,17)(H,15,16);1H. The summed E-state index contributed by atoms with van der Waals surface area (Å²) < 4.78 is 0. The van der Waals surface area contributed by atoms with Gasteiger partial charge in [0.1, 0.15) is 0 Å². The Hall–Kier alpha value is -1.59. The summed E-state index contributed by atoms with van der Waals surface area (Å²) in [5.74, 6) is -0.289. The number of rotatable bonds is 5. The molecule has 0 aliphatic carbocycles.